The first kappa shape index (κ1) is 16.6. The highest BCUT2D eigenvalue weighted by Gasteiger charge is 2.26. The average Bonchev–Trinajstić information content (AvgIpc) is 2.83. The first-order valence-electron chi connectivity index (χ1n) is 7.57. The van der Waals surface area contributed by atoms with E-state index >= 15 is 0 Å². The van der Waals surface area contributed by atoms with E-state index < -0.39 is 11.4 Å². The molecule has 1 fully saturated rings. The van der Waals surface area contributed by atoms with Gasteiger partial charge in [-0.3, -0.25) is 4.79 Å². The van der Waals surface area contributed by atoms with E-state index in [1.165, 1.54) is 0 Å². The molecule has 1 N–H and O–H groups in total. The van der Waals surface area contributed by atoms with E-state index in [1.807, 2.05) is 32.0 Å². The molecule has 1 atom stereocenters. The van der Waals surface area contributed by atoms with Crippen molar-refractivity contribution in [2.45, 2.75) is 38.2 Å². The Bertz CT molecular complexity index is 541. The average molecular weight is 307 g/mol. The summed E-state index contributed by atoms with van der Waals surface area (Å²) in [5, 5.41) is 9.05. The quantitative estimate of drug-likeness (QED) is 0.875. The molecule has 1 unspecified atom stereocenters. The van der Waals surface area contributed by atoms with E-state index in [1.54, 1.807) is 7.11 Å². The van der Waals surface area contributed by atoms with Crippen molar-refractivity contribution < 1.29 is 19.4 Å². The minimum atomic E-state index is -0.807. The molecule has 1 aromatic carbocycles. The van der Waals surface area contributed by atoms with E-state index in [2.05, 4.69) is 11.9 Å². The Morgan fingerprint density at radius 3 is 2.68 bits per heavy atom. The van der Waals surface area contributed by atoms with Gasteiger partial charge in [-0.1, -0.05) is 19.9 Å². The van der Waals surface area contributed by atoms with Gasteiger partial charge in [0, 0.05) is 18.5 Å². The summed E-state index contributed by atoms with van der Waals surface area (Å²) < 4.78 is 11.5. The topological polar surface area (TPSA) is 59.0 Å². The van der Waals surface area contributed by atoms with Crippen LogP contribution in [0.3, 0.4) is 0 Å². The lowest BCUT2D eigenvalue weighted by Crippen LogP contribution is -2.23. The van der Waals surface area contributed by atoms with Crippen molar-refractivity contribution in [3.05, 3.63) is 23.8 Å². The summed E-state index contributed by atoms with van der Waals surface area (Å²) in [6.07, 6.45) is 1.26. The van der Waals surface area contributed by atoms with E-state index in [0.29, 0.717) is 5.75 Å². The molecular weight excluding hydrogens is 282 g/mol. The second kappa shape index (κ2) is 6.57. The van der Waals surface area contributed by atoms with E-state index in [0.717, 1.165) is 30.8 Å². The highest BCUT2D eigenvalue weighted by atomic mass is 16.5. The van der Waals surface area contributed by atoms with Gasteiger partial charge in [-0.25, -0.2) is 0 Å². The zero-order chi connectivity index (χ0) is 16.3. The molecule has 1 heterocycles. The number of aliphatic carboxylic acids is 1. The van der Waals surface area contributed by atoms with Crippen molar-refractivity contribution in [2.24, 2.45) is 0 Å². The Kier molecular flexibility index (Phi) is 4.96. The Morgan fingerprint density at radius 2 is 2.14 bits per heavy atom. The number of methoxy groups -OCH3 is 1. The lowest BCUT2D eigenvalue weighted by molar-refractivity contribution is -0.138. The van der Waals surface area contributed by atoms with Crippen molar-refractivity contribution in [3.8, 4) is 11.5 Å². The number of nitrogens with zero attached hydrogens (tertiary/aromatic N) is 1. The molecule has 0 aliphatic carbocycles. The van der Waals surface area contributed by atoms with Crippen molar-refractivity contribution in [1.82, 2.24) is 4.90 Å². The summed E-state index contributed by atoms with van der Waals surface area (Å²) in [5.41, 5.74) is 0.480. The number of carboxylic acid groups (broad SMARTS) is 1. The van der Waals surface area contributed by atoms with Gasteiger partial charge < -0.3 is 19.5 Å². The number of ether oxygens (including phenoxy) is 2. The van der Waals surface area contributed by atoms with Gasteiger partial charge in [0.2, 0.25) is 0 Å². The molecule has 5 heteroatoms. The number of benzene rings is 1. The van der Waals surface area contributed by atoms with Crippen molar-refractivity contribution in [3.63, 3.8) is 0 Å². The first-order chi connectivity index (χ1) is 10.3. The molecular formula is C17H25NO4. The summed E-state index contributed by atoms with van der Waals surface area (Å²) in [6, 6.07) is 5.70. The third-order valence-corrected chi connectivity index (χ3v) is 4.18. The maximum absolute atomic E-state index is 11.0. The van der Waals surface area contributed by atoms with Crippen LogP contribution in [-0.4, -0.2) is 49.3 Å². The zero-order valence-corrected chi connectivity index (χ0v) is 13.8. The molecule has 2 rings (SSSR count). The van der Waals surface area contributed by atoms with Crippen LogP contribution in [0.25, 0.3) is 0 Å². The normalized spacial score (nSPS) is 19.2. The molecule has 0 saturated carbocycles. The van der Waals surface area contributed by atoms with Gasteiger partial charge in [0.25, 0.3) is 0 Å². The molecule has 1 saturated heterocycles. The SMILES string of the molecule is COc1cc(C(C)(C)CC(=O)O)ccc1OC1CCN(C)C1. The number of hydrogen-bond donors (Lipinski definition) is 1. The number of likely N-dealkylation sites (N-methyl/N-ethyl adjacent to an activating group) is 1. The Morgan fingerprint density at radius 1 is 1.41 bits per heavy atom. The molecule has 1 aromatic rings. The molecule has 0 radical (unpaired) electrons. The van der Waals surface area contributed by atoms with Crippen LogP contribution in [0.4, 0.5) is 0 Å². The fourth-order valence-corrected chi connectivity index (χ4v) is 2.84. The van der Waals surface area contributed by atoms with Gasteiger partial charge in [-0.05, 0) is 31.2 Å². The molecule has 0 aromatic heterocycles. The molecule has 0 bridgehead atoms. The molecule has 1 aliphatic rings. The van der Waals surface area contributed by atoms with E-state index in [-0.39, 0.29) is 12.5 Å². The number of rotatable bonds is 6. The van der Waals surface area contributed by atoms with Crippen LogP contribution in [-0.2, 0) is 10.2 Å². The summed E-state index contributed by atoms with van der Waals surface area (Å²) in [6.45, 7) is 5.79. The van der Waals surface area contributed by atoms with Crippen LogP contribution in [0.15, 0.2) is 18.2 Å². The predicted octanol–water partition coefficient (Wildman–Crippen LogP) is 2.53. The Labute approximate surface area is 131 Å². The number of carbonyl (C=O) groups is 1. The van der Waals surface area contributed by atoms with Crippen molar-refractivity contribution >= 4 is 5.97 Å². The number of likely N-dealkylation sites (tertiary alicyclic amines) is 1. The first-order valence-corrected chi connectivity index (χ1v) is 7.57. The van der Waals surface area contributed by atoms with Crippen molar-refractivity contribution in [2.75, 3.05) is 27.2 Å². The second-order valence-electron chi connectivity index (χ2n) is 6.61. The zero-order valence-electron chi connectivity index (χ0n) is 13.8. The molecule has 1 aliphatic heterocycles. The van der Waals surface area contributed by atoms with Gasteiger partial charge in [0.05, 0.1) is 13.5 Å². The molecule has 5 nitrogen and oxygen atoms in total. The maximum Gasteiger partial charge on any atom is 0.304 e. The predicted molar refractivity (Wildman–Crippen MR) is 84.8 cm³/mol. The molecule has 22 heavy (non-hydrogen) atoms. The monoisotopic (exact) mass is 307 g/mol. The highest BCUT2D eigenvalue weighted by Crippen LogP contribution is 2.36. The maximum atomic E-state index is 11.0. The molecule has 0 spiro atoms. The van der Waals surface area contributed by atoms with Crippen LogP contribution >= 0.6 is 0 Å². The lowest BCUT2D eigenvalue weighted by Gasteiger charge is -2.25. The van der Waals surface area contributed by atoms with Gasteiger partial charge in [-0.2, -0.15) is 0 Å². The summed E-state index contributed by atoms with van der Waals surface area (Å²) in [7, 11) is 3.69. The van der Waals surface area contributed by atoms with Gasteiger partial charge in [-0.15, -0.1) is 0 Å². The fourth-order valence-electron chi connectivity index (χ4n) is 2.84. The van der Waals surface area contributed by atoms with Gasteiger partial charge in [0.1, 0.15) is 6.10 Å². The smallest absolute Gasteiger partial charge is 0.304 e. The summed E-state index contributed by atoms with van der Waals surface area (Å²) in [5.74, 6) is 0.571. The minimum Gasteiger partial charge on any atom is -0.493 e. The summed E-state index contributed by atoms with van der Waals surface area (Å²) in [4.78, 5) is 13.2. The van der Waals surface area contributed by atoms with Crippen LogP contribution in [0.1, 0.15) is 32.3 Å². The molecule has 0 amide bonds. The highest BCUT2D eigenvalue weighted by molar-refractivity contribution is 5.69. The summed E-state index contributed by atoms with van der Waals surface area (Å²) >= 11 is 0. The fraction of sp³-hybridized carbons (Fsp3) is 0.588. The largest absolute Gasteiger partial charge is 0.493 e. The number of hydrogen-bond acceptors (Lipinski definition) is 4. The molecule has 122 valence electrons. The second-order valence-corrected chi connectivity index (χ2v) is 6.61. The Balaban J connectivity index is 2.18. The van der Waals surface area contributed by atoms with Crippen LogP contribution < -0.4 is 9.47 Å². The third kappa shape index (κ3) is 3.91. The standard InChI is InChI=1S/C17H25NO4/c1-17(2,10-16(19)20)12-5-6-14(15(9-12)21-4)22-13-7-8-18(3)11-13/h5-6,9,13H,7-8,10-11H2,1-4H3,(H,19,20). The number of carboxylic acids is 1. The third-order valence-electron chi connectivity index (χ3n) is 4.18. The van der Waals surface area contributed by atoms with Crippen LogP contribution in [0.5, 0.6) is 11.5 Å². The van der Waals surface area contributed by atoms with Crippen molar-refractivity contribution in [1.29, 1.82) is 0 Å². The van der Waals surface area contributed by atoms with Crippen LogP contribution in [0.2, 0.25) is 0 Å². The lowest BCUT2D eigenvalue weighted by atomic mass is 9.81. The minimum absolute atomic E-state index is 0.0732. The Hall–Kier alpha value is -1.75. The van der Waals surface area contributed by atoms with Crippen LogP contribution in [0, 0.1) is 0 Å². The van der Waals surface area contributed by atoms with Gasteiger partial charge in [0.15, 0.2) is 11.5 Å². The van der Waals surface area contributed by atoms with E-state index in [4.69, 9.17) is 14.6 Å². The van der Waals surface area contributed by atoms with E-state index in [9.17, 15) is 4.79 Å². The van der Waals surface area contributed by atoms with Gasteiger partial charge >= 0.3 is 5.97 Å².